The van der Waals surface area contributed by atoms with Gasteiger partial charge in [0, 0.05) is 0 Å². The molecule has 0 fully saturated rings. The SMILES string of the molecule is C=CCONc1ccccc1Oc1cccc(C(=O)OCC)c1. The van der Waals surface area contributed by atoms with Crippen molar-refractivity contribution in [3.8, 4) is 11.5 Å². The molecule has 0 radical (unpaired) electrons. The number of ether oxygens (including phenoxy) is 2. The molecule has 120 valence electrons. The Balaban J connectivity index is 2.14. The molecule has 1 N–H and O–H groups in total. The van der Waals surface area contributed by atoms with Gasteiger partial charge >= 0.3 is 5.97 Å². The molecule has 2 aromatic rings. The van der Waals surface area contributed by atoms with Crippen LogP contribution in [0, 0.1) is 0 Å². The Kier molecular flexibility index (Phi) is 6.20. The number of carbonyl (C=O) groups excluding carboxylic acids is 1. The minimum absolute atomic E-state index is 0.331. The Morgan fingerprint density at radius 3 is 2.83 bits per heavy atom. The summed E-state index contributed by atoms with van der Waals surface area (Å²) in [5.74, 6) is 0.741. The molecule has 0 aliphatic carbocycles. The molecule has 0 aliphatic rings. The lowest BCUT2D eigenvalue weighted by Crippen LogP contribution is -2.05. The van der Waals surface area contributed by atoms with Crippen LogP contribution in [0.1, 0.15) is 17.3 Å². The fourth-order valence-corrected chi connectivity index (χ4v) is 1.85. The van der Waals surface area contributed by atoms with E-state index in [9.17, 15) is 4.79 Å². The van der Waals surface area contributed by atoms with Gasteiger partial charge in [-0.2, -0.15) is 0 Å². The van der Waals surface area contributed by atoms with Gasteiger partial charge in [-0.05, 0) is 37.3 Å². The van der Waals surface area contributed by atoms with Crippen molar-refractivity contribution >= 4 is 11.7 Å². The van der Waals surface area contributed by atoms with Crippen LogP contribution in [0.3, 0.4) is 0 Å². The molecule has 23 heavy (non-hydrogen) atoms. The van der Waals surface area contributed by atoms with Crippen molar-refractivity contribution in [3.63, 3.8) is 0 Å². The van der Waals surface area contributed by atoms with Gasteiger partial charge in [0.1, 0.15) is 11.4 Å². The summed E-state index contributed by atoms with van der Waals surface area (Å²) >= 11 is 0. The number of nitrogens with one attached hydrogen (secondary N) is 1. The molecule has 5 nitrogen and oxygen atoms in total. The lowest BCUT2D eigenvalue weighted by molar-refractivity contribution is 0.0526. The lowest BCUT2D eigenvalue weighted by Gasteiger charge is -2.12. The van der Waals surface area contributed by atoms with Crippen molar-refractivity contribution in [2.75, 3.05) is 18.7 Å². The van der Waals surface area contributed by atoms with Gasteiger partial charge in [0.25, 0.3) is 0 Å². The summed E-state index contributed by atoms with van der Waals surface area (Å²) in [5, 5.41) is 0. The van der Waals surface area contributed by atoms with Gasteiger partial charge < -0.3 is 9.47 Å². The van der Waals surface area contributed by atoms with Crippen molar-refractivity contribution in [2.45, 2.75) is 6.92 Å². The number of hydrogen-bond acceptors (Lipinski definition) is 5. The van der Waals surface area contributed by atoms with E-state index in [4.69, 9.17) is 14.3 Å². The zero-order chi connectivity index (χ0) is 16.5. The Morgan fingerprint density at radius 1 is 1.22 bits per heavy atom. The Hall–Kier alpha value is -2.79. The largest absolute Gasteiger partial charge is 0.462 e. The van der Waals surface area contributed by atoms with Gasteiger partial charge in [0.2, 0.25) is 0 Å². The summed E-state index contributed by atoms with van der Waals surface area (Å²) in [6.07, 6.45) is 1.64. The van der Waals surface area contributed by atoms with Crippen LogP contribution in [0.25, 0.3) is 0 Å². The summed E-state index contributed by atoms with van der Waals surface area (Å²) in [7, 11) is 0. The van der Waals surface area contributed by atoms with E-state index in [1.807, 2.05) is 18.2 Å². The molecule has 0 amide bonds. The highest BCUT2D eigenvalue weighted by molar-refractivity contribution is 5.89. The number of para-hydroxylation sites is 2. The Labute approximate surface area is 135 Å². The summed E-state index contributed by atoms with van der Waals surface area (Å²) < 4.78 is 10.8. The molecule has 0 heterocycles. The van der Waals surface area contributed by atoms with Gasteiger partial charge in [-0.15, -0.1) is 6.58 Å². The first-order chi connectivity index (χ1) is 11.2. The van der Waals surface area contributed by atoms with Gasteiger partial charge in [-0.25, -0.2) is 4.79 Å². The van der Waals surface area contributed by atoms with E-state index < -0.39 is 0 Å². The number of carbonyl (C=O) groups is 1. The fraction of sp³-hybridized carbons (Fsp3) is 0.167. The van der Waals surface area contributed by atoms with E-state index in [-0.39, 0.29) is 5.97 Å². The molecule has 2 rings (SSSR count). The van der Waals surface area contributed by atoms with Crippen molar-refractivity contribution in [1.82, 2.24) is 0 Å². The van der Waals surface area contributed by atoms with Crippen molar-refractivity contribution in [2.24, 2.45) is 0 Å². The smallest absolute Gasteiger partial charge is 0.338 e. The van der Waals surface area contributed by atoms with E-state index in [0.717, 1.165) is 0 Å². The van der Waals surface area contributed by atoms with Gasteiger partial charge in [-0.1, -0.05) is 24.3 Å². The average molecular weight is 313 g/mol. The third-order valence-corrected chi connectivity index (χ3v) is 2.84. The highest BCUT2D eigenvalue weighted by Gasteiger charge is 2.09. The first kappa shape index (κ1) is 16.6. The van der Waals surface area contributed by atoms with Gasteiger partial charge in [0.05, 0.1) is 18.8 Å². The van der Waals surface area contributed by atoms with Crippen molar-refractivity contribution < 1.29 is 19.1 Å². The van der Waals surface area contributed by atoms with Crippen LogP contribution in [-0.4, -0.2) is 19.2 Å². The standard InChI is InChI=1S/C18H19NO4/c1-3-12-22-19-16-10-5-6-11-17(16)23-15-9-7-8-14(13-15)18(20)21-4-2/h3,5-11,13,19H,1,4,12H2,2H3. The summed E-state index contributed by atoms with van der Waals surface area (Å²) in [5.41, 5.74) is 3.92. The van der Waals surface area contributed by atoms with E-state index >= 15 is 0 Å². The second-order valence-corrected chi connectivity index (χ2v) is 4.55. The molecule has 0 bridgehead atoms. The van der Waals surface area contributed by atoms with E-state index in [1.54, 1.807) is 43.3 Å². The molecule has 0 saturated heterocycles. The molecule has 0 spiro atoms. The molecule has 0 aromatic heterocycles. The molecular weight excluding hydrogens is 294 g/mol. The number of benzene rings is 2. The van der Waals surface area contributed by atoms with Crippen molar-refractivity contribution in [3.05, 3.63) is 66.7 Å². The zero-order valence-electron chi connectivity index (χ0n) is 13.0. The van der Waals surface area contributed by atoms with Crippen LogP contribution in [0.2, 0.25) is 0 Å². The van der Waals surface area contributed by atoms with E-state index in [2.05, 4.69) is 12.1 Å². The molecule has 2 aromatic carbocycles. The summed E-state index contributed by atoms with van der Waals surface area (Å²) in [4.78, 5) is 17.0. The number of anilines is 1. The first-order valence-electron chi connectivity index (χ1n) is 7.27. The molecule has 0 atom stereocenters. The fourth-order valence-electron chi connectivity index (χ4n) is 1.85. The summed E-state index contributed by atoms with van der Waals surface area (Å²) in [6.45, 7) is 6.05. The molecular formula is C18H19NO4. The van der Waals surface area contributed by atoms with Crippen LogP contribution in [0.5, 0.6) is 11.5 Å². The maximum absolute atomic E-state index is 11.8. The normalized spacial score (nSPS) is 9.96. The molecule has 0 saturated carbocycles. The second kappa shape index (κ2) is 8.60. The highest BCUT2D eigenvalue weighted by atomic mass is 16.6. The first-order valence-corrected chi connectivity index (χ1v) is 7.27. The van der Waals surface area contributed by atoms with Crippen LogP contribution < -0.4 is 10.2 Å². The summed E-state index contributed by atoms with van der Waals surface area (Å²) in [6, 6.07) is 14.2. The number of hydrogen-bond donors (Lipinski definition) is 1. The molecule has 0 unspecified atom stereocenters. The minimum atomic E-state index is -0.376. The minimum Gasteiger partial charge on any atom is -0.462 e. The van der Waals surface area contributed by atoms with Crippen LogP contribution in [0.15, 0.2) is 61.2 Å². The van der Waals surface area contributed by atoms with Crippen LogP contribution >= 0.6 is 0 Å². The maximum Gasteiger partial charge on any atom is 0.338 e. The van der Waals surface area contributed by atoms with Crippen molar-refractivity contribution in [1.29, 1.82) is 0 Å². The highest BCUT2D eigenvalue weighted by Crippen LogP contribution is 2.29. The van der Waals surface area contributed by atoms with Crippen LogP contribution in [0.4, 0.5) is 5.69 Å². The maximum atomic E-state index is 11.8. The molecule has 0 aliphatic heterocycles. The third-order valence-electron chi connectivity index (χ3n) is 2.84. The lowest BCUT2D eigenvalue weighted by atomic mass is 10.2. The Morgan fingerprint density at radius 2 is 2.04 bits per heavy atom. The van der Waals surface area contributed by atoms with Gasteiger partial charge in [-0.3, -0.25) is 10.3 Å². The van der Waals surface area contributed by atoms with Gasteiger partial charge in [0.15, 0.2) is 5.75 Å². The monoisotopic (exact) mass is 313 g/mol. The van der Waals surface area contributed by atoms with E-state index in [1.165, 1.54) is 0 Å². The zero-order valence-corrected chi connectivity index (χ0v) is 13.0. The quantitative estimate of drug-likeness (QED) is 0.343. The Bertz CT molecular complexity index is 670. The predicted molar refractivity (Wildman–Crippen MR) is 88.7 cm³/mol. The predicted octanol–water partition coefficient (Wildman–Crippen LogP) is 4.19. The van der Waals surface area contributed by atoms with E-state index in [0.29, 0.717) is 36.0 Å². The topological polar surface area (TPSA) is 56.8 Å². The number of esters is 1. The average Bonchev–Trinajstić information content (AvgIpc) is 2.57. The number of rotatable bonds is 8. The third kappa shape index (κ3) is 4.86. The molecule has 5 heteroatoms. The van der Waals surface area contributed by atoms with Crippen LogP contribution in [-0.2, 0) is 9.57 Å². The second-order valence-electron chi connectivity index (χ2n) is 4.55.